The molecular weight excluding hydrogens is 937 g/mol. The van der Waals surface area contributed by atoms with E-state index < -0.39 is 83.9 Å². The largest absolute Gasteiger partial charge is 0.460 e. The molecule has 0 radical (unpaired) electrons. The first-order valence-corrected chi connectivity index (χ1v) is 27.1. The van der Waals surface area contributed by atoms with Crippen LogP contribution in [0.15, 0.2) is 53.6 Å². The van der Waals surface area contributed by atoms with Gasteiger partial charge in [0.25, 0.3) is 11.7 Å². The number of para-hydroxylation sites is 1. The maximum atomic E-state index is 14.5. The summed E-state index contributed by atoms with van der Waals surface area (Å²) in [6, 6.07) is 8.56. The highest BCUT2D eigenvalue weighted by molar-refractivity contribution is 6.39. The van der Waals surface area contributed by atoms with Gasteiger partial charge in [0, 0.05) is 58.5 Å². The number of hydrogen-bond acceptors (Lipinski definition) is 15. The number of amides is 1. The molecule has 0 unspecified atom stereocenters. The number of aliphatic hydroxyl groups excluding tert-OH is 2. The van der Waals surface area contributed by atoms with Gasteiger partial charge in [-0.05, 0) is 132 Å². The maximum Gasteiger partial charge on any atom is 0.329 e. The number of rotatable bonds is 7. The molecule has 1 aromatic rings. The van der Waals surface area contributed by atoms with Crippen molar-refractivity contribution < 1.29 is 67.8 Å². The summed E-state index contributed by atoms with van der Waals surface area (Å²) in [5.41, 5.74) is 2.11. The number of benzene rings is 1. The van der Waals surface area contributed by atoms with Crippen LogP contribution in [-0.4, -0.2) is 144 Å². The number of piperidine rings is 1. The van der Waals surface area contributed by atoms with E-state index >= 15 is 0 Å². The Morgan fingerprint density at radius 1 is 0.808 bits per heavy atom. The van der Waals surface area contributed by atoms with E-state index in [-0.39, 0.29) is 73.4 Å². The average Bonchev–Trinajstić information content (AvgIpc) is 3.38. The first-order valence-electron chi connectivity index (χ1n) is 27.1. The fraction of sp³-hybridized carbons (Fsp3) is 0.737. The Labute approximate surface area is 433 Å². The lowest BCUT2D eigenvalue weighted by molar-refractivity contribution is -0.265. The van der Waals surface area contributed by atoms with E-state index in [0.29, 0.717) is 69.8 Å². The van der Waals surface area contributed by atoms with Crippen molar-refractivity contribution in [2.45, 2.75) is 205 Å². The molecule has 16 nitrogen and oxygen atoms in total. The second-order valence-electron chi connectivity index (χ2n) is 22.3. The number of methoxy groups -OCH3 is 3. The Kier molecular flexibility index (Phi) is 21.0. The van der Waals surface area contributed by atoms with Gasteiger partial charge in [0.1, 0.15) is 36.2 Å². The summed E-state index contributed by atoms with van der Waals surface area (Å²) in [7, 11) is 4.56. The number of hydrogen-bond donors (Lipinski definition) is 3. The lowest BCUT2D eigenvalue weighted by Gasteiger charge is -2.43. The monoisotopic (exact) mass is 1020 g/mol. The molecule has 0 spiro atoms. The molecule has 1 amide bonds. The molecule has 4 fully saturated rings. The zero-order chi connectivity index (χ0) is 53.3. The zero-order valence-electron chi connectivity index (χ0n) is 45.1. The predicted molar refractivity (Wildman–Crippen MR) is 274 cm³/mol. The highest BCUT2D eigenvalue weighted by Crippen LogP contribution is 2.39. The molecular formula is C57H86N2O14. The summed E-state index contributed by atoms with van der Waals surface area (Å²) in [5, 5.41) is 36.3. The van der Waals surface area contributed by atoms with Gasteiger partial charge in [-0.2, -0.15) is 0 Å². The Hall–Kier alpha value is -3.87. The highest BCUT2D eigenvalue weighted by Gasteiger charge is 2.53. The van der Waals surface area contributed by atoms with Crippen LogP contribution in [0.4, 0.5) is 5.69 Å². The van der Waals surface area contributed by atoms with E-state index in [1.165, 1.54) is 12.0 Å². The van der Waals surface area contributed by atoms with Crippen LogP contribution in [0.25, 0.3) is 0 Å². The summed E-state index contributed by atoms with van der Waals surface area (Å²) in [6.07, 6.45) is 4.36. The van der Waals surface area contributed by atoms with Crippen LogP contribution in [-0.2, 0) is 52.5 Å². The molecule has 1 saturated carbocycles. The molecule has 16 heteroatoms. The van der Waals surface area contributed by atoms with Crippen molar-refractivity contribution in [2.24, 2.45) is 35.5 Å². The van der Waals surface area contributed by atoms with Crippen LogP contribution in [0.3, 0.4) is 0 Å². The smallest absolute Gasteiger partial charge is 0.329 e. The van der Waals surface area contributed by atoms with E-state index in [4.69, 9.17) is 28.5 Å². The summed E-state index contributed by atoms with van der Waals surface area (Å²) >= 11 is 0. The number of hydroxylamine groups is 1. The molecule has 17 atom stereocenters. The Morgan fingerprint density at radius 2 is 1.53 bits per heavy atom. The van der Waals surface area contributed by atoms with Crippen molar-refractivity contribution in [1.29, 1.82) is 0 Å². The molecule has 408 valence electrons. The van der Waals surface area contributed by atoms with Gasteiger partial charge in [-0.25, -0.2) is 4.79 Å². The van der Waals surface area contributed by atoms with Crippen LogP contribution < -0.4 is 5.06 Å². The summed E-state index contributed by atoms with van der Waals surface area (Å²) in [5.74, 6) is -8.21. The molecule has 3 saturated heterocycles. The Balaban J connectivity index is 1.34. The number of Topliss-reactive ketones (excluding diaryl/α,β-unsaturated/α-hetero) is 3. The highest BCUT2D eigenvalue weighted by atomic mass is 16.7. The number of ketones is 3. The van der Waals surface area contributed by atoms with Gasteiger partial charge in [0.05, 0.1) is 36.1 Å². The molecule has 6 aliphatic rings. The minimum absolute atomic E-state index is 0.0349. The third-order valence-corrected chi connectivity index (χ3v) is 16.9. The van der Waals surface area contributed by atoms with E-state index in [0.717, 1.165) is 17.7 Å². The quantitative estimate of drug-likeness (QED) is 0.142. The van der Waals surface area contributed by atoms with Gasteiger partial charge >= 0.3 is 5.97 Å². The fourth-order valence-electron chi connectivity index (χ4n) is 12.1. The van der Waals surface area contributed by atoms with Crippen molar-refractivity contribution in [3.05, 3.63) is 53.6 Å². The first kappa shape index (κ1) is 58.4. The molecule has 1 aromatic carbocycles. The number of nitrogens with zero attached hydrogens (tertiary/aromatic N) is 2. The van der Waals surface area contributed by atoms with Crippen LogP contribution >= 0.6 is 0 Å². The van der Waals surface area contributed by atoms with E-state index in [9.17, 15) is 39.3 Å². The Bertz CT molecular complexity index is 2100. The van der Waals surface area contributed by atoms with Gasteiger partial charge in [0.2, 0.25) is 5.79 Å². The number of carbonyl (C=O) groups is 5. The number of ether oxygens (including phenoxy) is 5. The molecule has 5 heterocycles. The van der Waals surface area contributed by atoms with Crippen molar-refractivity contribution in [3.8, 4) is 0 Å². The van der Waals surface area contributed by atoms with Crippen LogP contribution in [0, 0.1) is 35.5 Å². The molecule has 3 N–H and O–H groups in total. The average molecular weight is 1020 g/mol. The number of carbonyl (C=O) groups excluding carboxylic acids is 5. The van der Waals surface area contributed by atoms with Crippen LogP contribution in [0.1, 0.15) is 138 Å². The van der Waals surface area contributed by atoms with Crippen molar-refractivity contribution in [2.75, 3.05) is 32.9 Å². The van der Waals surface area contributed by atoms with Crippen LogP contribution in [0.2, 0.25) is 0 Å². The van der Waals surface area contributed by atoms with E-state index in [1.807, 2.05) is 62.2 Å². The molecule has 73 heavy (non-hydrogen) atoms. The standard InChI is InChI=1S/C57H86N2O14/c1-33-26-37(5)51(62)53(70-10)52(63)38(6)27-34(2)47(61)32-49(35(3)28-40-20-24-46(60)50(30-40)69-9)71-56(66)45-18-14-15-25-58(45)55(65)54(64)57(67)39(7)19-21-42(72-57)31-48(68-8)36(4)29-43-22-23-44(33)59(73-43)41-16-12-11-13-17-41/h11-13,16-17,27,29,33-35,37,39-40,42-46,48-50,52-53,60,63,67H,14-15,18-26,28,30-32H2,1-10H3/b36-29-,38-27-/t33-,34+,35+,37+,39+,40-,42-,43+,44-,45-,46+,48-,49-,50+,52+,53-,57+/m0/s1. The van der Waals surface area contributed by atoms with E-state index in [1.54, 1.807) is 41.1 Å². The van der Waals surface area contributed by atoms with Crippen LogP contribution in [0.5, 0.6) is 0 Å². The van der Waals surface area contributed by atoms with E-state index in [2.05, 4.69) is 6.92 Å². The van der Waals surface area contributed by atoms with Gasteiger partial charge in [-0.15, -0.1) is 0 Å². The molecule has 5 aliphatic heterocycles. The zero-order valence-corrected chi connectivity index (χ0v) is 45.1. The predicted octanol–water partition coefficient (Wildman–Crippen LogP) is 7.04. The normalized spacial score (nSPS) is 39.5. The number of fused-ring (bicyclic) bond motifs is 17. The molecule has 7 rings (SSSR count). The summed E-state index contributed by atoms with van der Waals surface area (Å²) in [4.78, 5) is 79.9. The lowest BCUT2D eigenvalue weighted by atomic mass is 9.78. The third kappa shape index (κ3) is 14.1. The summed E-state index contributed by atoms with van der Waals surface area (Å²) < 4.78 is 29.9. The van der Waals surface area contributed by atoms with Crippen molar-refractivity contribution in [3.63, 3.8) is 0 Å². The van der Waals surface area contributed by atoms with Gasteiger partial charge in [-0.3, -0.25) is 29.1 Å². The second-order valence-corrected chi connectivity index (χ2v) is 22.3. The number of allylic oxidation sites excluding steroid dienone is 1. The number of aliphatic hydroxyl groups is 3. The van der Waals surface area contributed by atoms with Gasteiger partial charge in [-0.1, -0.05) is 65.0 Å². The van der Waals surface area contributed by atoms with Gasteiger partial charge in [0.15, 0.2) is 5.78 Å². The number of esters is 1. The SMILES string of the molecule is CO[C@H]1C[C@@H]2CC[C@@H](C)[C@@](O)(O2)C(=O)C(=O)N2CCCC[C@H]2C(=O)O[C@H]([C@H](C)C[C@@H]2CC[C@@H](O)[C@H](OC)C2)CC(=O)[C@H](C)/C=C(/C)[C@@H](O)[C@@H](OC)C(=O)[C@H](C)C[C@H](C)[C@@H]2CC[C@H](/C=C\1C)ON2c1ccccc1. The maximum absolute atomic E-state index is 14.5. The van der Waals surface area contributed by atoms with Gasteiger partial charge < -0.3 is 43.9 Å². The second kappa shape index (κ2) is 26.3. The minimum Gasteiger partial charge on any atom is -0.460 e. The number of anilines is 1. The minimum atomic E-state index is -2.46. The van der Waals surface area contributed by atoms with Crippen molar-refractivity contribution >= 4 is 34.9 Å². The van der Waals surface area contributed by atoms with Crippen molar-refractivity contribution in [1.82, 2.24) is 4.90 Å². The fourth-order valence-corrected chi connectivity index (χ4v) is 12.1. The molecule has 4 bridgehead atoms. The topological polar surface area (TPSA) is 208 Å². The third-order valence-electron chi connectivity index (χ3n) is 16.9. The molecule has 0 aromatic heterocycles. The summed E-state index contributed by atoms with van der Waals surface area (Å²) in [6.45, 7) is 12.9. The molecule has 1 aliphatic carbocycles. The first-order chi connectivity index (χ1) is 34.7. The lowest BCUT2D eigenvalue weighted by Crippen LogP contribution is -2.61. The Morgan fingerprint density at radius 3 is 2.22 bits per heavy atom.